The van der Waals surface area contributed by atoms with Gasteiger partial charge in [-0.25, -0.2) is 17.9 Å². The van der Waals surface area contributed by atoms with E-state index >= 15 is 0 Å². The second kappa shape index (κ2) is 5.35. The van der Waals surface area contributed by atoms with Crippen LogP contribution in [0.4, 0.5) is 0 Å². The molecule has 0 saturated carbocycles. The van der Waals surface area contributed by atoms with Crippen LogP contribution in [0.5, 0.6) is 0 Å². The van der Waals surface area contributed by atoms with Crippen LogP contribution in [0.3, 0.4) is 0 Å². The largest absolute Gasteiger partial charge is 0.477 e. The van der Waals surface area contributed by atoms with Crippen LogP contribution in [-0.4, -0.2) is 36.7 Å². The van der Waals surface area contributed by atoms with E-state index in [1.807, 2.05) is 0 Å². The smallest absolute Gasteiger partial charge is 0.345 e. The van der Waals surface area contributed by atoms with Crippen molar-refractivity contribution in [3.63, 3.8) is 0 Å². The molecule has 0 spiro atoms. The number of carbonyl (C=O) groups is 1. The molecule has 8 heteroatoms. The van der Waals surface area contributed by atoms with Crippen LogP contribution in [0.15, 0.2) is 16.3 Å². The lowest BCUT2D eigenvalue weighted by Gasteiger charge is -2.24. The van der Waals surface area contributed by atoms with E-state index in [4.69, 9.17) is 10.2 Å². The van der Waals surface area contributed by atoms with Gasteiger partial charge in [-0.2, -0.15) is 0 Å². The second-order valence-electron chi connectivity index (χ2n) is 4.41. The number of carboxylic acid groups (broad SMARTS) is 1. The summed E-state index contributed by atoms with van der Waals surface area (Å²) in [7, 11) is -3.77. The Morgan fingerprint density at radius 2 is 2.11 bits per heavy atom. The van der Waals surface area contributed by atoms with Gasteiger partial charge in [0.25, 0.3) is 0 Å². The van der Waals surface area contributed by atoms with E-state index < -0.39 is 21.5 Å². The number of carboxylic acids is 1. The summed E-state index contributed by atoms with van der Waals surface area (Å²) in [4.78, 5) is 10.6. The van der Waals surface area contributed by atoms with Gasteiger partial charge in [-0.3, -0.25) is 0 Å². The average molecular weight is 293 g/mol. The number of aliphatic hydroxyl groups is 1. The Morgan fingerprint density at radius 1 is 1.50 bits per heavy atom. The van der Waals surface area contributed by atoms with Crippen LogP contribution < -0.4 is 4.72 Å². The highest BCUT2D eigenvalue weighted by Gasteiger charge is 2.27. The molecule has 0 aliphatic carbocycles. The van der Waals surface area contributed by atoms with Crippen molar-refractivity contribution in [2.45, 2.75) is 30.7 Å². The predicted octanol–water partition coefficient (Wildman–Crippen LogP) is 0.886. The molecule has 6 nitrogen and oxygen atoms in total. The Bertz CT molecular complexity index is 532. The van der Waals surface area contributed by atoms with E-state index in [1.54, 1.807) is 13.8 Å². The normalized spacial score (nSPS) is 12.6. The maximum absolute atomic E-state index is 12.0. The van der Waals surface area contributed by atoms with Gasteiger partial charge < -0.3 is 10.2 Å². The Kier molecular flexibility index (Phi) is 4.49. The molecule has 0 aliphatic rings. The molecule has 0 aliphatic heterocycles. The minimum absolute atomic E-state index is 0.0321. The zero-order valence-electron chi connectivity index (χ0n) is 10.0. The molecule has 0 fully saturated rings. The highest BCUT2D eigenvalue weighted by molar-refractivity contribution is 7.89. The number of aliphatic hydroxyl groups excluding tert-OH is 1. The fraction of sp³-hybridized carbons (Fsp3) is 0.500. The summed E-state index contributed by atoms with van der Waals surface area (Å²) in [5.74, 6) is -1.16. The van der Waals surface area contributed by atoms with Gasteiger partial charge in [0.05, 0.1) is 4.90 Å². The predicted molar refractivity (Wildman–Crippen MR) is 67.4 cm³/mol. The van der Waals surface area contributed by atoms with Crippen molar-refractivity contribution >= 4 is 27.3 Å². The average Bonchev–Trinajstić information content (AvgIpc) is 2.64. The molecular formula is C10H15NO5S2. The SMILES string of the molecule is CC(C)(CCO)NS(=O)(=O)c1csc(C(=O)O)c1. The van der Waals surface area contributed by atoms with Crippen molar-refractivity contribution in [3.05, 3.63) is 16.3 Å². The minimum Gasteiger partial charge on any atom is -0.477 e. The Labute approximate surface area is 109 Å². The Morgan fingerprint density at radius 3 is 2.56 bits per heavy atom. The van der Waals surface area contributed by atoms with Gasteiger partial charge >= 0.3 is 5.97 Å². The molecule has 0 aromatic carbocycles. The highest BCUT2D eigenvalue weighted by atomic mass is 32.2. The van der Waals surface area contributed by atoms with Crippen LogP contribution in [0, 0.1) is 0 Å². The van der Waals surface area contributed by atoms with Gasteiger partial charge in [0.1, 0.15) is 4.88 Å². The number of nitrogens with one attached hydrogen (secondary N) is 1. The third-order valence-electron chi connectivity index (χ3n) is 2.24. The highest BCUT2D eigenvalue weighted by Crippen LogP contribution is 2.21. The van der Waals surface area contributed by atoms with Crippen molar-refractivity contribution < 1.29 is 23.4 Å². The van der Waals surface area contributed by atoms with Gasteiger partial charge in [0.2, 0.25) is 10.0 Å². The fourth-order valence-electron chi connectivity index (χ4n) is 1.33. The van der Waals surface area contributed by atoms with Crippen LogP contribution >= 0.6 is 11.3 Å². The van der Waals surface area contributed by atoms with Crippen molar-refractivity contribution in [3.8, 4) is 0 Å². The molecule has 0 amide bonds. The first kappa shape index (κ1) is 15.1. The molecule has 0 atom stereocenters. The standard InChI is InChI=1S/C10H15NO5S2/c1-10(2,3-4-12)11-18(15,16)7-5-8(9(13)14)17-6-7/h5-6,11-12H,3-4H2,1-2H3,(H,13,14). The van der Waals surface area contributed by atoms with Crippen molar-refractivity contribution in [2.75, 3.05) is 6.61 Å². The first-order valence-corrected chi connectivity index (χ1v) is 7.51. The van der Waals surface area contributed by atoms with E-state index in [0.717, 1.165) is 17.4 Å². The molecule has 3 N–H and O–H groups in total. The van der Waals surface area contributed by atoms with Crippen molar-refractivity contribution in [1.82, 2.24) is 4.72 Å². The second-order valence-corrected chi connectivity index (χ2v) is 7.01. The third-order valence-corrected chi connectivity index (χ3v) is 4.99. The first-order chi connectivity index (χ1) is 8.18. The van der Waals surface area contributed by atoms with Gasteiger partial charge in [0.15, 0.2) is 0 Å². The van der Waals surface area contributed by atoms with Crippen LogP contribution in [0.2, 0.25) is 0 Å². The zero-order valence-corrected chi connectivity index (χ0v) is 11.6. The van der Waals surface area contributed by atoms with Crippen LogP contribution in [-0.2, 0) is 10.0 Å². The minimum atomic E-state index is -3.77. The molecule has 18 heavy (non-hydrogen) atoms. The molecule has 1 rings (SSSR count). The van der Waals surface area contributed by atoms with E-state index in [0.29, 0.717) is 0 Å². The van der Waals surface area contributed by atoms with E-state index in [-0.39, 0.29) is 22.8 Å². The molecule has 0 saturated heterocycles. The Hall–Kier alpha value is -0.960. The fourth-order valence-corrected chi connectivity index (χ4v) is 3.88. The number of rotatable bonds is 6. The van der Waals surface area contributed by atoms with Crippen molar-refractivity contribution in [2.24, 2.45) is 0 Å². The number of hydrogen-bond donors (Lipinski definition) is 3. The topological polar surface area (TPSA) is 104 Å². The van der Waals surface area contributed by atoms with E-state index in [1.165, 1.54) is 5.38 Å². The number of thiophene rings is 1. The summed E-state index contributed by atoms with van der Waals surface area (Å²) >= 11 is 0.856. The summed E-state index contributed by atoms with van der Waals surface area (Å²) in [6.45, 7) is 3.15. The molecule has 1 aromatic heterocycles. The molecular weight excluding hydrogens is 278 g/mol. The summed E-state index contributed by atoms with van der Waals surface area (Å²) in [6, 6.07) is 1.12. The zero-order chi connectivity index (χ0) is 14.0. The third kappa shape index (κ3) is 3.77. The molecule has 1 aromatic rings. The first-order valence-electron chi connectivity index (χ1n) is 5.14. The quantitative estimate of drug-likeness (QED) is 0.722. The van der Waals surface area contributed by atoms with Crippen LogP contribution in [0.1, 0.15) is 29.9 Å². The number of sulfonamides is 1. The monoisotopic (exact) mass is 293 g/mol. The summed E-state index contributed by atoms with van der Waals surface area (Å²) in [5.41, 5.74) is -0.793. The molecule has 0 unspecified atom stereocenters. The summed E-state index contributed by atoms with van der Waals surface area (Å²) in [5, 5.41) is 18.9. The Balaban J connectivity index is 2.96. The number of aromatic carboxylic acids is 1. The van der Waals surface area contributed by atoms with E-state index in [9.17, 15) is 13.2 Å². The molecule has 0 bridgehead atoms. The van der Waals surface area contributed by atoms with Gasteiger partial charge in [0, 0.05) is 17.5 Å². The summed E-state index contributed by atoms with van der Waals surface area (Å²) in [6.07, 6.45) is 0.266. The van der Waals surface area contributed by atoms with E-state index in [2.05, 4.69) is 4.72 Å². The van der Waals surface area contributed by atoms with Gasteiger partial charge in [-0.15, -0.1) is 11.3 Å². The van der Waals surface area contributed by atoms with Gasteiger partial charge in [-0.05, 0) is 26.3 Å². The number of hydrogen-bond acceptors (Lipinski definition) is 5. The maximum Gasteiger partial charge on any atom is 0.345 e. The van der Waals surface area contributed by atoms with Crippen molar-refractivity contribution in [1.29, 1.82) is 0 Å². The molecule has 0 radical (unpaired) electrons. The van der Waals surface area contributed by atoms with Gasteiger partial charge in [-0.1, -0.05) is 0 Å². The molecule has 102 valence electrons. The lowest BCUT2D eigenvalue weighted by molar-refractivity contribution is 0.0702. The van der Waals surface area contributed by atoms with Crippen LogP contribution in [0.25, 0.3) is 0 Å². The lowest BCUT2D eigenvalue weighted by atomic mass is 10.0. The lowest BCUT2D eigenvalue weighted by Crippen LogP contribution is -2.43. The summed E-state index contributed by atoms with van der Waals surface area (Å²) < 4.78 is 26.4. The molecule has 1 heterocycles. The maximum atomic E-state index is 12.0.